The molecule has 0 spiro atoms. The molecule has 0 radical (unpaired) electrons. The summed E-state index contributed by atoms with van der Waals surface area (Å²) in [5.41, 5.74) is 2.70. The Morgan fingerprint density at radius 2 is 1.66 bits per heavy atom. The van der Waals surface area contributed by atoms with Crippen molar-refractivity contribution in [3.05, 3.63) is 99.9 Å². The molecular weight excluding hydrogens is 555 g/mol. The molecule has 44 heavy (non-hydrogen) atoms. The van der Waals surface area contributed by atoms with Gasteiger partial charge in [0.2, 0.25) is 0 Å². The maximum Gasteiger partial charge on any atom is 0.266 e. The first-order chi connectivity index (χ1) is 21.5. The first-order valence-electron chi connectivity index (χ1n) is 15.5. The highest BCUT2D eigenvalue weighted by Gasteiger charge is 2.20. The molecule has 2 aliphatic heterocycles. The molecule has 1 aromatic heterocycles. The zero-order valence-electron chi connectivity index (χ0n) is 25.2. The molecule has 6 rings (SSSR count). The second kappa shape index (κ2) is 13.5. The van der Waals surface area contributed by atoms with E-state index in [9.17, 15) is 9.59 Å². The molecule has 228 valence electrons. The molecule has 3 heterocycles. The van der Waals surface area contributed by atoms with Crippen molar-refractivity contribution in [3.63, 3.8) is 0 Å². The summed E-state index contributed by atoms with van der Waals surface area (Å²) in [6, 6.07) is 19.6. The zero-order chi connectivity index (χ0) is 30.5. The van der Waals surface area contributed by atoms with Gasteiger partial charge in [-0.3, -0.25) is 14.2 Å². The molecule has 1 amide bonds. The average molecular weight is 595 g/mol. The molecule has 1 N–H and O–H groups in total. The second-order valence-corrected chi connectivity index (χ2v) is 11.7. The highest BCUT2D eigenvalue weighted by atomic mass is 19.1. The summed E-state index contributed by atoms with van der Waals surface area (Å²) in [5.74, 6) is -0.0662. The number of fused-ring (bicyclic) bond motifs is 1. The van der Waals surface area contributed by atoms with Crippen molar-refractivity contribution in [3.8, 4) is 5.69 Å². The van der Waals surface area contributed by atoms with Crippen molar-refractivity contribution in [2.24, 2.45) is 0 Å². The number of nitrogens with one attached hydrogen (secondary N) is 1. The first-order valence-corrected chi connectivity index (χ1v) is 15.5. The van der Waals surface area contributed by atoms with Crippen LogP contribution < -0.4 is 15.8 Å². The Morgan fingerprint density at radius 1 is 0.932 bits per heavy atom. The topological polar surface area (TPSA) is 73.7 Å². The van der Waals surface area contributed by atoms with Crippen LogP contribution in [0.4, 0.5) is 10.1 Å². The molecule has 9 heteroatoms. The van der Waals surface area contributed by atoms with Gasteiger partial charge in [-0.15, -0.1) is 0 Å². The fourth-order valence-corrected chi connectivity index (χ4v) is 5.97. The number of rotatable bonds is 9. The van der Waals surface area contributed by atoms with Gasteiger partial charge in [0.05, 0.1) is 22.3 Å². The van der Waals surface area contributed by atoms with Crippen LogP contribution in [0.1, 0.15) is 41.0 Å². The Balaban J connectivity index is 1.24. The standard InChI is InChI=1S/C35H39FN6O2/c1-39-20-22-41(23-21-39)32-25-31-29(24-30(32)36)35(44)42(28-8-3-2-4-9-28)33(38-31)15-12-26-10-13-27(14-11-26)34(43)37-16-7-19-40-17-5-6-18-40/h2-4,8-15,24-25H,5-7,16-23H2,1H3,(H,37,43)/b15-12+. The van der Waals surface area contributed by atoms with Crippen LogP contribution >= 0.6 is 0 Å². The third-order valence-electron chi connectivity index (χ3n) is 8.55. The lowest BCUT2D eigenvalue weighted by molar-refractivity contribution is 0.0952. The van der Waals surface area contributed by atoms with Crippen molar-refractivity contribution in [2.45, 2.75) is 19.3 Å². The third kappa shape index (κ3) is 6.74. The zero-order valence-corrected chi connectivity index (χ0v) is 25.2. The quantitative estimate of drug-likeness (QED) is 0.284. The maximum absolute atomic E-state index is 15.3. The van der Waals surface area contributed by atoms with Gasteiger partial charge in [-0.05, 0) is 94.0 Å². The summed E-state index contributed by atoms with van der Waals surface area (Å²) in [6.07, 6.45) is 7.15. The Hall–Kier alpha value is -4.34. The molecular formula is C35H39FN6O2. The van der Waals surface area contributed by atoms with Gasteiger partial charge in [0.25, 0.3) is 11.5 Å². The van der Waals surface area contributed by atoms with E-state index in [-0.39, 0.29) is 16.9 Å². The molecule has 2 aliphatic rings. The number of nitrogens with zero attached hydrogens (tertiary/aromatic N) is 5. The number of hydrogen-bond donors (Lipinski definition) is 1. The van der Waals surface area contributed by atoms with Crippen LogP contribution in [0.3, 0.4) is 0 Å². The van der Waals surface area contributed by atoms with Crippen molar-refractivity contribution >= 4 is 34.6 Å². The number of piperazine rings is 1. The van der Waals surface area contributed by atoms with Gasteiger partial charge in [-0.25, -0.2) is 9.37 Å². The van der Waals surface area contributed by atoms with E-state index in [1.165, 1.54) is 23.5 Å². The minimum absolute atomic E-state index is 0.0838. The minimum atomic E-state index is -0.417. The lowest BCUT2D eigenvalue weighted by Gasteiger charge is -2.34. The molecule has 0 atom stereocenters. The Labute approximate surface area is 257 Å². The number of benzene rings is 3. The van der Waals surface area contributed by atoms with Gasteiger partial charge in [-0.1, -0.05) is 36.4 Å². The van der Waals surface area contributed by atoms with E-state index >= 15 is 4.39 Å². The number of aromatic nitrogens is 2. The predicted octanol–water partition coefficient (Wildman–Crippen LogP) is 4.66. The van der Waals surface area contributed by atoms with Gasteiger partial charge in [0.15, 0.2) is 0 Å². The molecule has 0 bridgehead atoms. The van der Waals surface area contributed by atoms with Crippen LogP contribution in [0.25, 0.3) is 28.7 Å². The Kier molecular flexibility index (Phi) is 9.14. The van der Waals surface area contributed by atoms with Crippen LogP contribution in [0.5, 0.6) is 0 Å². The number of hydrogen-bond acceptors (Lipinski definition) is 6. The van der Waals surface area contributed by atoms with Gasteiger partial charge in [-0.2, -0.15) is 0 Å². The van der Waals surface area contributed by atoms with E-state index in [0.717, 1.165) is 44.7 Å². The number of amides is 1. The van der Waals surface area contributed by atoms with Crippen LogP contribution in [0, 0.1) is 5.82 Å². The monoisotopic (exact) mass is 594 g/mol. The van der Waals surface area contributed by atoms with E-state index in [1.807, 2.05) is 53.4 Å². The minimum Gasteiger partial charge on any atom is -0.367 e. The maximum atomic E-state index is 15.3. The lowest BCUT2D eigenvalue weighted by Crippen LogP contribution is -2.44. The van der Waals surface area contributed by atoms with Crippen LogP contribution in [-0.2, 0) is 0 Å². The number of halogens is 1. The molecule has 0 unspecified atom stereocenters. The van der Waals surface area contributed by atoms with E-state index in [0.29, 0.717) is 47.9 Å². The van der Waals surface area contributed by atoms with Gasteiger partial charge in [0, 0.05) is 38.3 Å². The molecule has 4 aromatic rings. The fraction of sp³-hybridized carbons (Fsp3) is 0.343. The highest BCUT2D eigenvalue weighted by molar-refractivity contribution is 5.94. The summed E-state index contributed by atoms with van der Waals surface area (Å²) < 4.78 is 16.9. The summed E-state index contributed by atoms with van der Waals surface area (Å²) in [4.78, 5) is 38.0. The normalized spacial score (nSPS) is 16.3. The van der Waals surface area contributed by atoms with Gasteiger partial charge in [0.1, 0.15) is 11.6 Å². The SMILES string of the molecule is CN1CCN(c2cc3nc(/C=C/c4ccc(C(=O)NCCCN5CCCC5)cc4)n(-c4ccccc4)c(=O)c3cc2F)CC1. The van der Waals surface area contributed by atoms with Crippen LogP contribution in [0.15, 0.2) is 71.5 Å². The van der Waals surface area contributed by atoms with Gasteiger partial charge < -0.3 is 20.0 Å². The summed E-state index contributed by atoms with van der Waals surface area (Å²) >= 11 is 0. The van der Waals surface area contributed by atoms with E-state index in [1.54, 1.807) is 24.3 Å². The molecule has 0 saturated carbocycles. The Morgan fingerprint density at radius 3 is 2.39 bits per heavy atom. The van der Waals surface area contributed by atoms with Gasteiger partial charge >= 0.3 is 0 Å². The highest BCUT2D eigenvalue weighted by Crippen LogP contribution is 2.26. The van der Waals surface area contributed by atoms with Crippen LogP contribution in [-0.4, -0.2) is 84.7 Å². The van der Waals surface area contributed by atoms with E-state index in [2.05, 4.69) is 22.2 Å². The fourth-order valence-electron chi connectivity index (χ4n) is 5.97. The molecule has 2 fully saturated rings. The Bertz CT molecular complexity index is 1690. The molecule has 0 aliphatic carbocycles. The van der Waals surface area contributed by atoms with E-state index in [4.69, 9.17) is 4.98 Å². The molecule has 3 aromatic carbocycles. The number of likely N-dealkylation sites (N-methyl/N-ethyl adjacent to an activating group) is 1. The van der Waals surface area contributed by atoms with Crippen molar-refractivity contribution in [1.29, 1.82) is 0 Å². The smallest absolute Gasteiger partial charge is 0.266 e. The average Bonchev–Trinajstić information content (AvgIpc) is 3.57. The summed E-state index contributed by atoms with van der Waals surface area (Å²) in [7, 11) is 2.06. The number of para-hydroxylation sites is 1. The molecule has 2 saturated heterocycles. The van der Waals surface area contributed by atoms with Crippen molar-refractivity contribution in [1.82, 2.24) is 24.7 Å². The van der Waals surface area contributed by atoms with Crippen molar-refractivity contribution < 1.29 is 9.18 Å². The number of likely N-dealkylation sites (tertiary alicyclic amines) is 1. The number of carbonyl (C=O) groups excluding carboxylic acids is 1. The second-order valence-electron chi connectivity index (χ2n) is 11.7. The first kappa shape index (κ1) is 29.7. The summed E-state index contributed by atoms with van der Waals surface area (Å²) in [6.45, 7) is 7.10. The lowest BCUT2D eigenvalue weighted by atomic mass is 10.1. The van der Waals surface area contributed by atoms with E-state index < -0.39 is 5.82 Å². The van der Waals surface area contributed by atoms with Crippen LogP contribution in [0.2, 0.25) is 0 Å². The van der Waals surface area contributed by atoms with Crippen molar-refractivity contribution in [2.75, 3.05) is 64.3 Å². The summed E-state index contributed by atoms with van der Waals surface area (Å²) in [5, 5.41) is 3.25. The number of carbonyl (C=O) groups is 1. The number of anilines is 1. The third-order valence-corrected chi connectivity index (χ3v) is 8.55. The molecule has 8 nitrogen and oxygen atoms in total. The predicted molar refractivity (Wildman–Crippen MR) is 175 cm³/mol. The largest absolute Gasteiger partial charge is 0.367 e.